The zero-order valence-corrected chi connectivity index (χ0v) is 11.6. The molecule has 7 heteroatoms. The van der Waals surface area contributed by atoms with Crippen LogP contribution < -0.4 is 4.74 Å². The number of hydrogen-bond donors (Lipinski definition) is 1. The van der Waals surface area contributed by atoms with Crippen LogP contribution in [0.5, 0.6) is 5.75 Å². The van der Waals surface area contributed by atoms with Gasteiger partial charge in [-0.1, -0.05) is 12.1 Å². The molecule has 2 heterocycles. The van der Waals surface area contributed by atoms with Gasteiger partial charge in [0.05, 0.1) is 11.8 Å². The van der Waals surface area contributed by atoms with E-state index in [1.54, 1.807) is 12.1 Å². The van der Waals surface area contributed by atoms with E-state index < -0.39 is 12.7 Å². The number of alkyl halides is 2. The second-order valence-electron chi connectivity index (χ2n) is 4.50. The molecule has 1 atom stereocenters. The molecule has 1 unspecified atom stereocenters. The molecule has 0 bridgehead atoms. The Morgan fingerprint density at radius 1 is 1.38 bits per heavy atom. The maximum absolute atomic E-state index is 12.2. The molecule has 3 aromatic rings. The second kappa shape index (κ2) is 5.79. The fraction of sp³-hybridized carbons (Fsp3) is 0.214. The van der Waals surface area contributed by atoms with E-state index in [4.69, 9.17) is 0 Å². The lowest BCUT2D eigenvalue weighted by Crippen LogP contribution is -2.05. The Bertz CT molecular complexity index is 713. The molecule has 3 rings (SSSR count). The molecule has 0 aliphatic rings. The van der Waals surface area contributed by atoms with Crippen LogP contribution in [0.3, 0.4) is 0 Å². The first kappa shape index (κ1) is 14.0. The maximum Gasteiger partial charge on any atom is 0.387 e. The van der Waals surface area contributed by atoms with Gasteiger partial charge >= 0.3 is 6.61 Å². The molecular formula is C14H12F2N2O2S. The minimum absolute atomic E-state index is 0.0346. The number of ether oxygens (including phenoxy) is 1. The number of aromatic nitrogens is 2. The van der Waals surface area contributed by atoms with Gasteiger partial charge in [0.25, 0.3) is 0 Å². The third-order valence-corrected chi connectivity index (χ3v) is 3.78. The van der Waals surface area contributed by atoms with Crippen molar-refractivity contribution in [3.05, 3.63) is 53.3 Å². The van der Waals surface area contributed by atoms with E-state index in [1.807, 2.05) is 22.2 Å². The zero-order chi connectivity index (χ0) is 14.8. The highest BCUT2D eigenvalue weighted by Gasteiger charge is 2.13. The van der Waals surface area contributed by atoms with Gasteiger partial charge in [0, 0.05) is 24.2 Å². The van der Waals surface area contributed by atoms with E-state index in [2.05, 4.69) is 9.72 Å². The molecule has 0 aliphatic heterocycles. The van der Waals surface area contributed by atoms with E-state index >= 15 is 0 Å². The van der Waals surface area contributed by atoms with Crippen LogP contribution in [-0.2, 0) is 6.42 Å². The van der Waals surface area contributed by atoms with Crippen molar-refractivity contribution in [2.24, 2.45) is 0 Å². The molecule has 0 radical (unpaired) electrons. The lowest BCUT2D eigenvalue weighted by Gasteiger charge is -2.11. The molecule has 1 aromatic carbocycles. The quantitative estimate of drug-likeness (QED) is 0.787. The normalized spacial score (nSPS) is 13.0. The van der Waals surface area contributed by atoms with Crippen LogP contribution in [0.4, 0.5) is 8.78 Å². The molecule has 0 amide bonds. The van der Waals surface area contributed by atoms with Gasteiger partial charge in [-0.3, -0.25) is 4.40 Å². The molecule has 0 saturated carbocycles. The van der Waals surface area contributed by atoms with Crippen molar-refractivity contribution in [2.45, 2.75) is 19.1 Å². The number of aliphatic hydroxyl groups excluding tert-OH is 1. The average Bonchev–Trinajstić information content (AvgIpc) is 2.99. The van der Waals surface area contributed by atoms with Gasteiger partial charge in [-0.25, -0.2) is 4.98 Å². The summed E-state index contributed by atoms with van der Waals surface area (Å²) in [6, 6.07) is 6.08. The Hall–Kier alpha value is -1.99. The molecular weight excluding hydrogens is 298 g/mol. The summed E-state index contributed by atoms with van der Waals surface area (Å²) in [6.07, 6.45) is 3.22. The molecule has 0 spiro atoms. The third kappa shape index (κ3) is 3.20. The molecule has 0 saturated heterocycles. The highest BCUT2D eigenvalue weighted by atomic mass is 32.1. The van der Waals surface area contributed by atoms with E-state index in [0.717, 1.165) is 10.7 Å². The van der Waals surface area contributed by atoms with Crippen molar-refractivity contribution in [1.82, 2.24) is 9.38 Å². The zero-order valence-electron chi connectivity index (χ0n) is 10.8. The molecule has 2 aromatic heterocycles. The van der Waals surface area contributed by atoms with Crippen molar-refractivity contribution < 1.29 is 18.6 Å². The Morgan fingerprint density at radius 3 is 3.00 bits per heavy atom. The van der Waals surface area contributed by atoms with Gasteiger partial charge in [-0.2, -0.15) is 8.78 Å². The smallest absolute Gasteiger partial charge is 0.387 e. The third-order valence-electron chi connectivity index (χ3n) is 3.01. The van der Waals surface area contributed by atoms with E-state index in [0.29, 0.717) is 12.0 Å². The van der Waals surface area contributed by atoms with Crippen LogP contribution in [0.25, 0.3) is 4.96 Å². The van der Waals surface area contributed by atoms with Crippen LogP contribution in [0.1, 0.15) is 17.4 Å². The standard InChI is InChI=1S/C14H12F2N2O2S/c15-13(16)20-11-3-1-2-9(6-11)12(19)7-10-8-18-4-5-21-14(18)17-10/h1-6,8,12-13,19H,7H2. The number of benzene rings is 1. The van der Waals surface area contributed by atoms with E-state index in [9.17, 15) is 13.9 Å². The minimum atomic E-state index is -2.88. The van der Waals surface area contributed by atoms with Crippen molar-refractivity contribution in [2.75, 3.05) is 0 Å². The lowest BCUT2D eigenvalue weighted by atomic mass is 10.1. The first-order chi connectivity index (χ1) is 10.1. The summed E-state index contributed by atoms with van der Waals surface area (Å²) in [5, 5.41) is 12.1. The van der Waals surface area contributed by atoms with Gasteiger partial charge in [0.1, 0.15) is 5.75 Å². The van der Waals surface area contributed by atoms with Crippen LogP contribution in [0.2, 0.25) is 0 Å². The van der Waals surface area contributed by atoms with Gasteiger partial charge in [0.2, 0.25) is 0 Å². The highest BCUT2D eigenvalue weighted by molar-refractivity contribution is 7.15. The van der Waals surface area contributed by atoms with Crippen molar-refractivity contribution in [3.8, 4) is 5.75 Å². The Balaban J connectivity index is 1.75. The molecule has 21 heavy (non-hydrogen) atoms. The van der Waals surface area contributed by atoms with Gasteiger partial charge < -0.3 is 9.84 Å². The lowest BCUT2D eigenvalue weighted by molar-refractivity contribution is -0.0499. The summed E-state index contributed by atoms with van der Waals surface area (Å²) in [5.41, 5.74) is 1.26. The predicted molar refractivity (Wildman–Crippen MR) is 74.8 cm³/mol. The molecule has 0 aliphatic carbocycles. The monoisotopic (exact) mass is 310 g/mol. The van der Waals surface area contributed by atoms with Crippen LogP contribution in [0.15, 0.2) is 42.0 Å². The van der Waals surface area contributed by atoms with E-state index in [1.165, 1.54) is 23.5 Å². The van der Waals surface area contributed by atoms with Gasteiger partial charge in [-0.05, 0) is 17.7 Å². The number of hydrogen-bond acceptors (Lipinski definition) is 4. The van der Waals surface area contributed by atoms with Gasteiger partial charge in [0.15, 0.2) is 4.96 Å². The number of imidazole rings is 1. The fourth-order valence-corrected chi connectivity index (χ4v) is 2.81. The van der Waals surface area contributed by atoms with E-state index in [-0.39, 0.29) is 5.75 Å². The number of nitrogens with zero attached hydrogens (tertiary/aromatic N) is 2. The SMILES string of the molecule is OC(Cc1cn2ccsc2n1)c1cccc(OC(F)F)c1. The number of halogens is 2. The van der Waals surface area contributed by atoms with Crippen LogP contribution >= 0.6 is 11.3 Å². The molecule has 1 N–H and O–H groups in total. The minimum Gasteiger partial charge on any atom is -0.435 e. The fourth-order valence-electron chi connectivity index (χ4n) is 2.09. The molecule has 4 nitrogen and oxygen atoms in total. The number of fused-ring (bicyclic) bond motifs is 1. The average molecular weight is 310 g/mol. The Morgan fingerprint density at radius 2 is 2.24 bits per heavy atom. The number of rotatable bonds is 5. The van der Waals surface area contributed by atoms with Crippen molar-refractivity contribution in [1.29, 1.82) is 0 Å². The summed E-state index contributed by atoms with van der Waals surface area (Å²) in [6.45, 7) is -2.88. The summed E-state index contributed by atoms with van der Waals surface area (Å²) in [5.74, 6) is 0.0346. The Kier molecular flexibility index (Phi) is 3.85. The van der Waals surface area contributed by atoms with Crippen LogP contribution in [-0.4, -0.2) is 21.1 Å². The molecule has 0 fully saturated rings. The first-order valence-corrected chi connectivity index (χ1v) is 7.14. The highest BCUT2D eigenvalue weighted by Crippen LogP contribution is 2.24. The van der Waals surface area contributed by atoms with Crippen LogP contribution in [0, 0.1) is 0 Å². The maximum atomic E-state index is 12.2. The largest absolute Gasteiger partial charge is 0.435 e. The Labute approximate surface area is 123 Å². The summed E-state index contributed by atoms with van der Waals surface area (Å²) in [7, 11) is 0. The second-order valence-corrected chi connectivity index (χ2v) is 5.37. The summed E-state index contributed by atoms with van der Waals surface area (Å²) >= 11 is 1.51. The number of thiazole rings is 1. The van der Waals surface area contributed by atoms with Crippen molar-refractivity contribution in [3.63, 3.8) is 0 Å². The number of aliphatic hydroxyl groups is 1. The van der Waals surface area contributed by atoms with Crippen molar-refractivity contribution >= 4 is 16.3 Å². The molecule has 110 valence electrons. The summed E-state index contributed by atoms with van der Waals surface area (Å²) in [4.78, 5) is 5.23. The first-order valence-electron chi connectivity index (χ1n) is 6.26. The van der Waals surface area contributed by atoms with Gasteiger partial charge in [-0.15, -0.1) is 11.3 Å². The summed E-state index contributed by atoms with van der Waals surface area (Å²) < 4.78 is 30.6. The predicted octanol–water partition coefficient (Wildman–Crippen LogP) is 3.27. The topological polar surface area (TPSA) is 46.8 Å².